The lowest BCUT2D eigenvalue weighted by Gasteiger charge is -2.14. The van der Waals surface area contributed by atoms with Gasteiger partial charge in [-0.05, 0) is 12.1 Å². The van der Waals surface area contributed by atoms with E-state index in [-0.39, 0.29) is 5.75 Å². The first-order chi connectivity index (χ1) is 6.86. The molecule has 0 unspecified atom stereocenters. The van der Waals surface area contributed by atoms with E-state index in [1.807, 2.05) is 23.9 Å². The zero-order valence-electron chi connectivity index (χ0n) is 7.73. The Labute approximate surface area is 87.2 Å². The SMILES string of the molecule is Oc1ccccc1NC1=NCCSC1. The van der Waals surface area contributed by atoms with E-state index in [4.69, 9.17) is 0 Å². The molecule has 0 bridgehead atoms. The zero-order chi connectivity index (χ0) is 9.80. The lowest BCUT2D eigenvalue weighted by Crippen LogP contribution is -2.19. The highest BCUT2D eigenvalue weighted by molar-refractivity contribution is 8.00. The van der Waals surface area contributed by atoms with E-state index < -0.39 is 0 Å². The minimum atomic E-state index is 0.269. The third kappa shape index (κ3) is 2.20. The van der Waals surface area contributed by atoms with Crippen molar-refractivity contribution in [2.45, 2.75) is 0 Å². The Morgan fingerprint density at radius 3 is 2.93 bits per heavy atom. The monoisotopic (exact) mass is 208 g/mol. The van der Waals surface area contributed by atoms with Crippen LogP contribution < -0.4 is 5.32 Å². The Bertz CT molecular complexity index is 352. The molecule has 0 fully saturated rings. The molecule has 1 aromatic carbocycles. The summed E-state index contributed by atoms with van der Waals surface area (Å²) >= 11 is 1.85. The van der Waals surface area contributed by atoms with Crippen molar-refractivity contribution in [2.75, 3.05) is 23.4 Å². The number of benzene rings is 1. The van der Waals surface area contributed by atoms with Crippen molar-refractivity contribution in [1.82, 2.24) is 0 Å². The molecule has 14 heavy (non-hydrogen) atoms. The highest BCUT2D eigenvalue weighted by atomic mass is 32.2. The Kier molecular flexibility index (Phi) is 2.93. The van der Waals surface area contributed by atoms with Crippen LogP contribution in [0.5, 0.6) is 5.75 Å². The van der Waals surface area contributed by atoms with Crippen LogP contribution in [0.1, 0.15) is 0 Å². The van der Waals surface area contributed by atoms with Gasteiger partial charge in [-0.3, -0.25) is 4.99 Å². The van der Waals surface area contributed by atoms with Gasteiger partial charge < -0.3 is 10.4 Å². The van der Waals surface area contributed by atoms with Crippen LogP contribution in [0, 0.1) is 0 Å². The number of amidine groups is 1. The predicted molar refractivity (Wildman–Crippen MR) is 61.4 cm³/mol. The first-order valence-corrected chi connectivity index (χ1v) is 5.68. The van der Waals surface area contributed by atoms with Crippen molar-refractivity contribution < 1.29 is 5.11 Å². The van der Waals surface area contributed by atoms with Gasteiger partial charge in [-0.15, -0.1) is 0 Å². The van der Waals surface area contributed by atoms with Gasteiger partial charge >= 0.3 is 0 Å². The Morgan fingerprint density at radius 1 is 1.36 bits per heavy atom. The number of anilines is 1. The molecular weight excluding hydrogens is 196 g/mol. The molecule has 1 heterocycles. The number of nitrogens with zero attached hydrogens (tertiary/aromatic N) is 1. The molecule has 1 aliphatic rings. The maximum Gasteiger partial charge on any atom is 0.139 e. The average Bonchev–Trinajstić information content (AvgIpc) is 2.23. The van der Waals surface area contributed by atoms with E-state index in [0.717, 1.165) is 29.6 Å². The molecule has 0 atom stereocenters. The van der Waals surface area contributed by atoms with Crippen LogP contribution in [0.25, 0.3) is 0 Å². The molecule has 0 amide bonds. The molecule has 4 heteroatoms. The summed E-state index contributed by atoms with van der Waals surface area (Å²) in [7, 11) is 0. The van der Waals surface area contributed by atoms with Gasteiger partial charge in [0.25, 0.3) is 0 Å². The van der Waals surface area contributed by atoms with Gasteiger partial charge in [-0.1, -0.05) is 12.1 Å². The van der Waals surface area contributed by atoms with E-state index in [9.17, 15) is 5.11 Å². The molecule has 0 radical (unpaired) electrons. The molecular formula is C10H12N2OS. The lowest BCUT2D eigenvalue weighted by atomic mass is 10.3. The summed E-state index contributed by atoms with van der Waals surface area (Å²) < 4.78 is 0. The number of rotatable bonds is 1. The van der Waals surface area contributed by atoms with Crippen LogP contribution in [0.15, 0.2) is 29.3 Å². The van der Waals surface area contributed by atoms with Crippen LogP contribution in [0.2, 0.25) is 0 Å². The van der Waals surface area contributed by atoms with E-state index >= 15 is 0 Å². The Balaban J connectivity index is 2.10. The highest BCUT2D eigenvalue weighted by Gasteiger charge is 2.07. The third-order valence-corrected chi connectivity index (χ3v) is 2.91. The number of nitrogens with one attached hydrogen (secondary N) is 1. The molecule has 1 aromatic rings. The number of phenols is 1. The molecule has 1 aliphatic heterocycles. The fraction of sp³-hybridized carbons (Fsp3) is 0.300. The standard InChI is InChI=1S/C10H12N2OS/c13-9-4-2-1-3-8(9)12-10-7-14-6-5-11-10/h1-4,13H,5-7H2,(H,11,12). The molecule has 0 spiro atoms. The van der Waals surface area contributed by atoms with Gasteiger partial charge in [0.05, 0.1) is 18.0 Å². The first-order valence-electron chi connectivity index (χ1n) is 4.52. The Morgan fingerprint density at radius 2 is 2.21 bits per heavy atom. The van der Waals surface area contributed by atoms with Crippen LogP contribution in [0.3, 0.4) is 0 Å². The van der Waals surface area contributed by atoms with Gasteiger partial charge in [-0.25, -0.2) is 0 Å². The normalized spacial score (nSPS) is 16.1. The topological polar surface area (TPSA) is 44.6 Å². The van der Waals surface area contributed by atoms with Crippen molar-refractivity contribution in [1.29, 1.82) is 0 Å². The molecule has 0 saturated heterocycles. The summed E-state index contributed by atoms with van der Waals surface area (Å²) in [4.78, 5) is 4.34. The Hall–Kier alpha value is -1.16. The summed E-state index contributed by atoms with van der Waals surface area (Å²) in [6, 6.07) is 7.20. The summed E-state index contributed by atoms with van der Waals surface area (Å²) in [5, 5.41) is 12.6. The van der Waals surface area contributed by atoms with Crippen LogP contribution in [-0.2, 0) is 0 Å². The van der Waals surface area contributed by atoms with E-state index in [2.05, 4.69) is 10.3 Å². The molecule has 3 nitrogen and oxygen atoms in total. The van der Waals surface area contributed by atoms with Crippen molar-refractivity contribution in [3.05, 3.63) is 24.3 Å². The molecule has 0 saturated carbocycles. The smallest absolute Gasteiger partial charge is 0.139 e. The molecule has 2 N–H and O–H groups in total. The minimum absolute atomic E-state index is 0.269. The van der Waals surface area contributed by atoms with E-state index in [1.165, 1.54) is 0 Å². The van der Waals surface area contributed by atoms with E-state index in [1.54, 1.807) is 12.1 Å². The summed E-state index contributed by atoms with van der Waals surface area (Å²) in [6.07, 6.45) is 0. The second-order valence-electron chi connectivity index (χ2n) is 3.02. The van der Waals surface area contributed by atoms with Gasteiger partial charge in [0.15, 0.2) is 0 Å². The predicted octanol–water partition coefficient (Wildman–Crippen LogP) is 1.95. The maximum absolute atomic E-state index is 9.52. The second-order valence-corrected chi connectivity index (χ2v) is 4.13. The number of hydrogen-bond acceptors (Lipinski definition) is 4. The average molecular weight is 208 g/mol. The number of aromatic hydroxyl groups is 1. The molecule has 0 aliphatic carbocycles. The number of aliphatic imine (C=N–C) groups is 1. The lowest BCUT2D eigenvalue weighted by molar-refractivity contribution is 0.478. The zero-order valence-corrected chi connectivity index (χ0v) is 8.55. The van der Waals surface area contributed by atoms with Gasteiger partial charge in [0.2, 0.25) is 0 Å². The number of phenolic OH excluding ortho intramolecular Hbond substituents is 1. The summed E-state index contributed by atoms with van der Waals surface area (Å²) in [5.41, 5.74) is 0.730. The largest absolute Gasteiger partial charge is 0.506 e. The van der Waals surface area contributed by atoms with E-state index in [0.29, 0.717) is 0 Å². The van der Waals surface area contributed by atoms with Crippen LogP contribution >= 0.6 is 11.8 Å². The van der Waals surface area contributed by atoms with Crippen molar-refractivity contribution >= 4 is 23.3 Å². The van der Waals surface area contributed by atoms with Crippen LogP contribution in [0.4, 0.5) is 5.69 Å². The number of thioether (sulfide) groups is 1. The summed E-state index contributed by atoms with van der Waals surface area (Å²) in [6.45, 7) is 0.862. The first kappa shape index (κ1) is 9.40. The van der Waals surface area contributed by atoms with Crippen molar-refractivity contribution in [2.24, 2.45) is 4.99 Å². The summed E-state index contributed by atoms with van der Waals surface area (Å²) in [5.74, 6) is 3.20. The van der Waals surface area contributed by atoms with Gasteiger partial charge in [0.1, 0.15) is 11.6 Å². The third-order valence-electron chi connectivity index (χ3n) is 1.96. The molecule has 74 valence electrons. The van der Waals surface area contributed by atoms with Gasteiger partial charge in [-0.2, -0.15) is 11.8 Å². The second kappa shape index (κ2) is 4.37. The molecule has 2 rings (SSSR count). The fourth-order valence-electron chi connectivity index (χ4n) is 1.27. The van der Waals surface area contributed by atoms with Crippen molar-refractivity contribution in [3.8, 4) is 5.75 Å². The quantitative estimate of drug-likeness (QED) is 0.693. The number of para-hydroxylation sites is 2. The minimum Gasteiger partial charge on any atom is -0.506 e. The number of hydrogen-bond donors (Lipinski definition) is 2. The highest BCUT2D eigenvalue weighted by Crippen LogP contribution is 2.22. The van der Waals surface area contributed by atoms with Crippen LogP contribution in [-0.4, -0.2) is 29.0 Å². The fourth-order valence-corrected chi connectivity index (χ4v) is 1.99. The molecule has 0 aromatic heterocycles. The van der Waals surface area contributed by atoms with Crippen molar-refractivity contribution in [3.63, 3.8) is 0 Å². The maximum atomic E-state index is 9.52. The van der Waals surface area contributed by atoms with Gasteiger partial charge in [0, 0.05) is 5.75 Å².